The monoisotopic (exact) mass is 571 g/mol. The van der Waals surface area contributed by atoms with Gasteiger partial charge in [-0.15, -0.1) is 0 Å². The fourth-order valence-electron chi connectivity index (χ4n) is 3.48. The Balaban J connectivity index is 1.39. The number of carbonyl (C=O) groups is 1. The van der Waals surface area contributed by atoms with Gasteiger partial charge in [0.15, 0.2) is 5.82 Å². The molecule has 0 unspecified atom stereocenters. The van der Waals surface area contributed by atoms with Crippen molar-refractivity contribution in [2.24, 2.45) is 0 Å². The Morgan fingerprint density at radius 3 is 2.57 bits per heavy atom. The van der Waals surface area contributed by atoms with Crippen LogP contribution in [0.1, 0.15) is 46.8 Å². The summed E-state index contributed by atoms with van der Waals surface area (Å²) in [6, 6.07) is 20.7. The highest BCUT2D eigenvalue weighted by Gasteiger charge is 2.14. The molecule has 8 heteroatoms. The number of anilines is 1. The topological polar surface area (TPSA) is 56.1 Å². The van der Waals surface area contributed by atoms with E-state index in [1.54, 1.807) is 29.1 Å². The van der Waals surface area contributed by atoms with Gasteiger partial charge in [0, 0.05) is 21.8 Å². The predicted molar refractivity (Wildman–Crippen MR) is 145 cm³/mol. The van der Waals surface area contributed by atoms with Crippen LogP contribution >= 0.6 is 39.1 Å². The summed E-state index contributed by atoms with van der Waals surface area (Å²) >= 11 is 15.7. The predicted octanol–water partition coefficient (Wildman–Crippen LogP) is 7.96. The summed E-state index contributed by atoms with van der Waals surface area (Å²) < 4.78 is 8.27. The number of amides is 1. The number of nitrogens with one attached hydrogen (secondary N) is 1. The van der Waals surface area contributed by atoms with Gasteiger partial charge >= 0.3 is 0 Å². The number of hydrogen-bond acceptors (Lipinski definition) is 3. The van der Waals surface area contributed by atoms with Gasteiger partial charge in [-0.05, 0) is 74.9 Å². The molecule has 0 bridgehead atoms. The summed E-state index contributed by atoms with van der Waals surface area (Å²) in [6.07, 6.45) is 1.79. The number of benzene rings is 3. The Morgan fingerprint density at radius 1 is 1.09 bits per heavy atom. The number of ether oxygens (including phenoxy) is 1. The van der Waals surface area contributed by atoms with Crippen LogP contribution < -0.4 is 10.1 Å². The zero-order chi connectivity index (χ0) is 24.9. The van der Waals surface area contributed by atoms with Gasteiger partial charge in [0.05, 0.1) is 11.0 Å². The Labute approximate surface area is 223 Å². The maximum atomic E-state index is 12.9. The lowest BCUT2D eigenvalue weighted by Gasteiger charge is -2.10. The third kappa shape index (κ3) is 6.66. The van der Waals surface area contributed by atoms with Crippen LogP contribution in [0.4, 0.5) is 5.82 Å². The highest BCUT2D eigenvalue weighted by Crippen LogP contribution is 2.25. The quantitative estimate of drug-likeness (QED) is 0.233. The molecule has 0 aliphatic heterocycles. The van der Waals surface area contributed by atoms with Crippen LogP contribution in [0.5, 0.6) is 5.75 Å². The zero-order valence-electron chi connectivity index (χ0n) is 19.3. The minimum atomic E-state index is -0.261. The average molecular weight is 573 g/mol. The van der Waals surface area contributed by atoms with E-state index >= 15 is 0 Å². The van der Waals surface area contributed by atoms with Crippen LogP contribution in [0, 0.1) is 0 Å². The van der Waals surface area contributed by atoms with Crippen molar-refractivity contribution in [1.82, 2.24) is 9.78 Å². The van der Waals surface area contributed by atoms with Crippen molar-refractivity contribution >= 4 is 50.9 Å². The Hall–Kier alpha value is -2.80. The first-order valence-corrected chi connectivity index (χ1v) is 12.6. The molecular weight excluding hydrogens is 549 g/mol. The van der Waals surface area contributed by atoms with Crippen molar-refractivity contribution in [3.05, 3.63) is 110 Å². The lowest BCUT2D eigenvalue weighted by Crippen LogP contribution is -2.13. The third-order valence-electron chi connectivity index (χ3n) is 5.44. The highest BCUT2D eigenvalue weighted by molar-refractivity contribution is 9.10. The molecule has 0 fully saturated rings. The summed E-state index contributed by atoms with van der Waals surface area (Å²) in [5.41, 5.74) is 3.55. The second-order valence-corrected chi connectivity index (χ2v) is 10.1. The van der Waals surface area contributed by atoms with Crippen molar-refractivity contribution in [3.8, 4) is 5.75 Å². The lowest BCUT2D eigenvalue weighted by molar-refractivity contribution is 0.102. The molecule has 0 atom stereocenters. The van der Waals surface area contributed by atoms with E-state index in [4.69, 9.17) is 27.9 Å². The minimum Gasteiger partial charge on any atom is -0.489 e. The van der Waals surface area contributed by atoms with E-state index in [9.17, 15) is 4.79 Å². The van der Waals surface area contributed by atoms with Crippen LogP contribution in [0.3, 0.4) is 0 Å². The molecule has 3 aromatic carbocycles. The van der Waals surface area contributed by atoms with Crippen molar-refractivity contribution in [2.45, 2.75) is 32.9 Å². The maximum absolute atomic E-state index is 12.9. The van der Waals surface area contributed by atoms with Gasteiger partial charge in [0.25, 0.3) is 5.91 Å². The number of rotatable bonds is 8. The smallest absolute Gasteiger partial charge is 0.256 e. The van der Waals surface area contributed by atoms with E-state index < -0.39 is 0 Å². The van der Waals surface area contributed by atoms with Crippen molar-refractivity contribution in [2.75, 3.05) is 5.32 Å². The van der Waals surface area contributed by atoms with Gasteiger partial charge < -0.3 is 10.1 Å². The molecule has 0 spiro atoms. The van der Waals surface area contributed by atoms with E-state index in [2.05, 4.69) is 52.3 Å². The molecule has 0 aliphatic carbocycles. The van der Waals surface area contributed by atoms with Crippen LogP contribution in [0.25, 0.3) is 0 Å². The van der Waals surface area contributed by atoms with E-state index in [0.717, 1.165) is 16.9 Å². The second kappa shape index (κ2) is 11.3. The molecule has 0 aliphatic rings. The maximum Gasteiger partial charge on any atom is 0.256 e. The number of carbonyl (C=O) groups excluding carboxylic acids is 1. The van der Waals surface area contributed by atoms with E-state index in [1.807, 2.05) is 36.4 Å². The van der Waals surface area contributed by atoms with E-state index in [1.165, 1.54) is 5.56 Å². The summed E-state index contributed by atoms with van der Waals surface area (Å²) in [6.45, 7) is 5.12. The summed E-state index contributed by atoms with van der Waals surface area (Å²) in [7, 11) is 0. The number of hydrogen-bond donors (Lipinski definition) is 1. The number of aromatic nitrogens is 2. The molecule has 0 radical (unpaired) electrons. The SMILES string of the molecule is CC(C)c1ccc(OCc2cccc(C(=O)Nc3nn(Cc4ccc(Cl)cc4Cl)cc3Br)c2)cc1. The molecular formula is C27H24BrCl2N3O2. The summed E-state index contributed by atoms with van der Waals surface area (Å²) in [5, 5.41) is 8.47. The van der Waals surface area contributed by atoms with Gasteiger partial charge in [-0.3, -0.25) is 9.48 Å². The normalized spacial score (nSPS) is 11.0. The lowest BCUT2D eigenvalue weighted by atomic mass is 10.0. The Kier molecular flexibility index (Phi) is 8.16. The van der Waals surface area contributed by atoms with Gasteiger partial charge in [0.1, 0.15) is 12.4 Å². The fraction of sp³-hybridized carbons (Fsp3) is 0.185. The van der Waals surface area contributed by atoms with Crippen LogP contribution in [0.2, 0.25) is 10.0 Å². The number of nitrogens with zero attached hydrogens (tertiary/aromatic N) is 2. The second-order valence-electron chi connectivity index (χ2n) is 8.43. The molecule has 35 heavy (non-hydrogen) atoms. The van der Waals surface area contributed by atoms with Gasteiger partial charge in [0.2, 0.25) is 0 Å². The molecule has 1 aromatic heterocycles. The van der Waals surface area contributed by atoms with Gasteiger partial charge in [-0.1, -0.05) is 67.4 Å². The molecule has 1 amide bonds. The molecule has 4 aromatic rings. The summed E-state index contributed by atoms with van der Waals surface area (Å²) in [4.78, 5) is 12.9. The first-order valence-electron chi connectivity index (χ1n) is 11.1. The molecule has 1 heterocycles. The average Bonchev–Trinajstić information content (AvgIpc) is 3.18. The fourth-order valence-corrected chi connectivity index (χ4v) is 4.37. The van der Waals surface area contributed by atoms with Crippen LogP contribution in [0.15, 0.2) is 77.4 Å². The Morgan fingerprint density at radius 2 is 1.86 bits per heavy atom. The number of halogens is 3. The standard InChI is InChI=1S/C27H24BrCl2N3O2/c1-17(2)19-7-10-23(11-8-19)35-16-18-4-3-5-20(12-18)27(34)31-26-24(28)15-33(32-26)14-21-6-9-22(29)13-25(21)30/h3-13,15,17H,14,16H2,1-2H3,(H,31,32,34). The molecule has 0 saturated heterocycles. The highest BCUT2D eigenvalue weighted by atomic mass is 79.9. The first kappa shape index (κ1) is 25.3. The first-order chi connectivity index (χ1) is 16.8. The van der Waals surface area contributed by atoms with Crippen molar-refractivity contribution in [1.29, 1.82) is 0 Å². The van der Waals surface area contributed by atoms with Gasteiger partial charge in [-0.2, -0.15) is 5.10 Å². The molecule has 180 valence electrons. The Bertz CT molecular complexity index is 1340. The van der Waals surface area contributed by atoms with Crippen molar-refractivity contribution in [3.63, 3.8) is 0 Å². The van der Waals surface area contributed by atoms with Crippen LogP contribution in [-0.4, -0.2) is 15.7 Å². The zero-order valence-corrected chi connectivity index (χ0v) is 22.4. The third-order valence-corrected chi connectivity index (χ3v) is 6.61. The van der Waals surface area contributed by atoms with Gasteiger partial charge in [-0.25, -0.2) is 0 Å². The van der Waals surface area contributed by atoms with E-state index in [-0.39, 0.29) is 5.91 Å². The molecule has 1 N–H and O–H groups in total. The molecule has 4 rings (SSSR count). The molecule has 0 saturated carbocycles. The van der Waals surface area contributed by atoms with E-state index in [0.29, 0.717) is 45.0 Å². The minimum absolute atomic E-state index is 0.261. The van der Waals surface area contributed by atoms with Crippen molar-refractivity contribution < 1.29 is 9.53 Å². The molecule has 5 nitrogen and oxygen atoms in total. The van der Waals surface area contributed by atoms with Crippen LogP contribution in [-0.2, 0) is 13.2 Å². The largest absolute Gasteiger partial charge is 0.489 e. The summed E-state index contributed by atoms with van der Waals surface area (Å²) in [5.74, 6) is 1.43.